The van der Waals surface area contributed by atoms with Gasteiger partial charge in [-0.2, -0.15) is 0 Å². The molecule has 0 radical (unpaired) electrons. The van der Waals surface area contributed by atoms with Gasteiger partial charge in [0.05, 0.1) is 22.3 Å². The van der Waals surface area contributed by atoms with E-state index >= 15 is 0 Å². The molecule has 1 aliphatic heterocycles. The van der Waals surface area contributed by atoms with E-state index < -0.39 is 11.1 Å². The molecule has 0 spiro atoms. The van der Waals surface area contributed by atoms with Crippen molar-refractivity contribution in [2.45, 2.75) is 30.9 Å². The van der Waals surface area contributed by atoms with Crippen molar-refractivity contribution in [1.82, 2.24) is 4.90 Å². The molecule has 4 heteroatoms. The molecule has 0 bridgehead atoms. The van der Waals surface area contributed by atoms with Crippen molar-refractivity contribution in [3.8, 4) is 11.1 Å². The second-order valence-corrected chi connectivity index (χ2v) is 8.32. The Morgan fingerprint density at radius 3 is 1.72 bits per heavy atom. The second kappa shape index (κ2) is 6.13. The average Bonchev–Trinajstić information content (AvgIpc) is 2.98. The highest BCUT2D eigenvalue weighted by Crippen LogP contribution is 2.54. The molecule has 3 aromatic rings. The van der Waals surface area contributed by atoms with Gasteiger partial charge in [0.25, 0.3) is 11.8 Å². The number of carbonyl (C=O) groups is 2. The number of imide groups is 1. The maximum Gasteiger partial charge on any atom is 0.262 e. The van der Waals surface area contributed by atoms with Crippen LogP contribution in [0.2, 0.25) is 0 Å². The fraction of sp³-hybridized carbons (Fsp3) is 0.200. The predicted octanol–water partition coefficient (Wildman–Crippen LogP) is 4.39. The van der Waals surface area contributed by atoms with E-state index in [1.807, 2.05) is 54.6 Å². The maximum absolute atomic E-state index is 13.1. The Hall–Kier alpha value is -3.24. The number of aliphatic hydroxyl groups is 1. The zero-order chi connectivity index (χ0) is 20.2. The predicted molar refractivity (Wildman–Crippen MR) is 110 cm³/mol. The molecule has 1 aliphatic carbocycles. The van der Waals surface area contributed by atoms with Gasteiger partial charge in [-0.3, -0.25) is 14.5 Å². The van der Waals surface area contributed by atoms with Gasteiger partial charge in [0.2, 0.25) is 0 Å². The highest BCUT2D eigenvalue weighted by atomic mass is 16.3. The monoisotopic (exact) mass is 383 g/mol. The van der Waals surface area contributed by atoms with Crippen LogP contribution >= 0.6 is 0 Å². The molecule has 144 valence electrons. The number of benzene rings is 3. The van der Waals surface area contributed by atoms with Crippen LogP contribution in [0.1, 0.15) is 46.0 Å². The molecule has 0 saturated heterocycles. The third-order valence-electron chi connectivity index (χ3n) is 6.10. The molecule has 3 aromatic carbocycles. The van der Waals surface area contributed by atoms with E-state index in [1.165, 1.54) is 4.90 Å². The van der Waals surface area contributed by atoms with E-state index in [9.17, 15) is 14.7 Å². The summed E-state index contributed by atoms with van der Waals surface area (Å²) in [5.41, 5.74) is 2.18. The molecular formula is C25H21NO3. The van der Waals surface area contributed by atoms with Crippen molar-refractivity contribution in [2.75, 3.05) is 0 Å². The van der Waals surface area contributed by atoms with Gasteiger partial charge in [-0.05, 0) is 35.7 Å². The smallest absolute Gasteiger partial charge is 0.262 e. The van der Waals surface area contributed by atoms with Gasteiger partial charge in [-0.25, -0.2) is 0 Å². The Morgan fingerprint density at radius 1 is 0.724 bits per heavy atom. The summed E-state index contributed by atoms with van der Waals surface area (Å²) in [4.78, 5) is 27.7. The summed E-state index contributed by atoms with van der Waals surface area (Å²) >= 11 is 0. The highest BCUT2D eigenvalue weighted by molar-refractivity contribution is 6.22. The molecule has 2 aliphatic rings. The van der Waals surface area contributed by atoms with Crippen LogP contribution in [0, 0.1) is 0 Å². The fourth-order valence-electron chi connectivity index (χ4n) is 4.88. The quantitative estimate of drug-likeness (QED) is 0.683. The molecule has 29 heavy (non-hydrogen) atoms. The molecular weight excluding hydrogens is 362 g/mol. The molecule has 2 amide bonds. The number of fused-ring (bicyclic) bond motifs is 1. The summed E-state index contributed by atoms with van der Waals surface area (Å²) in [6, 6.07) is 24.9. The minimum atomic E-state index is -0.909. The molecule has 5 rings (SSSR count). The van der Waals surface area contributed by atoms with E-state index in [1.54, 1.807) is 31.2 Å². The second-order valence-electron chi connectivity index (χ2n) is 8.32. The molecule has 1 heterocycles. The lowest BCUT2D eigenvalue weighted by molar-refractivity contribution is -0.118. The molecule has 1 saturated carbocycles. The Morgan fingerprint density at radius 2 is 1.21 bits per heavy atom. The van der Waals surface area contributed by atoms with E-state index in [2.05, 4.69) is 0 Å². The number of carbonyl (C=O) groups excluding carboxylic acids is 2. The average molecular weight is 383 g/mol. The fourth-order valence-corrected chi connectivity index (χ4v) is 4.88. The molecule has 1 N–H and O–H groups in total. The first-order chi connectivity index (χ1) is 13.9. The third-order valence-corrected chi connectivity index (χ3v) is 6.10. The lowest BCUT2D eigenvalue weighted by Gasteiger charge is -2.55. The van der Waals surface area contributed by atoms with Crippen LogP contribution in [-0.2, 0) is 5.54 Å². The van der Waals surface area contributed by atoms with Gasteiger partial charge in [0.1, 0.15) is 0 Å². The number of rotatable bonds is 3. The van der Waals surface area contributed by atoms with Crippen LogP contribution in [0.4, 0.5) is 0 Å². The van der Waals surface area contributed by atoms with E-state index in [0.717, 1.165) is 16.7 Å². The number of nitrogens with zero attached hydrogens (tertiary/aromatic N) is 1. The first kappa shape index (κ1) is 17.8. The highest BCUT2D eigenvalue weighted by Gasteiger charge is 2.60. The maximum atomic E-state index is 13.1. The van der Waals surface area contributed by atoms with Crippen LogP contribution in [0.15, 0.2) is 78.9 Å². The standard InChI is InChI=1S/C25H21NO3/c1-24(29)15-25(16-24,26-22(27)20-9-5-6-10-21(20)23(26)28)19-13-11-18(12-14-19)17-7-3-2-4-8-17/h2-14,29H,15-16H2,1H3. The zero-order valence-electron chi connectivity index (χ0n) is 16.1. The van der Waals surface area contributed by atoms with Crippen molar-refractivity contribution < 1.29 is 14.7 Å². The Kier molecular flexibility index (Phi) is 3.77. The van der Waals surface area contributed by atoms with Gasteiger partial charge in [0, 0.05) is 12.8 Å². The number of hydrogen-bond donors (Lipinski definition) is 1. The van der Waals surface area contributed by atoms with Crippen LogP contribution in [0.5, 0.6) is 0 Å². The molecule has 4 nitrogen and oxygen atoms in total. The van der Waals surface area contributed by atoms with Gasteiger partial charge in [0.15, 0.2) is 0 Å². The van der Waals surface area contributed by atoms with Crippen molar-refractivity contribution in [2.24, 2.45) is 0 Å². The summed E-state index contributed by atoms with van der Waals surface area (Å²) in [7, 11) is 0. The van der Waals surface area contributed by atoms with Crippen LogP contribution < -0.4 is 0 Å². The van der Waals surface area contributed by atoms with Crippen LogP contribution in [0.25, 0.3) is 11.1 Å². The summed E-state index contributed by atoms with van der Waals surface area (Å²) in [6.45, 7) is 1.75. The van der Waals surface area contributed by atoms with E-state index in [4.69, 9.17) is 0 Å². The normalized spacial score (nSPS) is 25.7. The Balaban J connectivity index is 1.57. The summed E-state index contributed by atoms with van der Waals surface area (Å²) in [6.07, 6.45) is 0.659. The minimum Gasteiger partial charge on any atom is -0.390 e. The Labute approximate surface area is 169 Å². The molecule has 1 fully saturated rings. The molecule has 0 aromatic heterocycles. The van der Waals surface area contributed by atoms with Gasteiger partial charge in [-0.15, -0.1) is 0 Å². The van der Waals surface area contributed by atoms with Crippen molar-refractivity contribution in [1.29, 1.82) is 0 Å². The molecule has 0 unspecified atom stereocenters. The van der Waals surface area contributed by atoms with Crippen molar-refractivity contribution in [3.63, 3.8) is 0 Å². The van der Waals surface area contributed by atoms with Gasteiger partial charge >= 0.3 is 0 Å². The number of hydrogen-bond acceptors (Lipinski definition) is 3. The lowest BCUT2D eigenvalue weighted by atomic mass is 9.61. The van der Waals surface area contributed by atoms with E-state index in [0.29, 0.717) is 24.0 Å². The first-order valence-electron chi connectivity index (χ1n) is 9.78. The topological polar surface area (TPSA) is 57.6 Å². The SMILES string of the molecule is CC1(O)CC(c2ccc(-c3ccccc3)cc2)(N2C(=O)c3ccccc3C2=O)C1. The molecule has 0 atom stereocenters. The first-order valence-corrected chi connectivity index (χ1v) is 9.78. The van der Waals surface area contributed by atoms with Crippen molar-refractivity contribution in [3.05, 3.63) is 95.6 Å². The summed E-state index contributed by atoms with van der Waals surface area (Å²) in [5, 5.41) is 10.5. The Bertz CT molecular complexity index is 1070. The zero-order valence-corrected chi connectivity index (χ0v) is 16.1. The van der Waals surface area contributed by atoms with Crippen LogP contribution in [-0.4, -0.2) is 27.4 Å². The summed E-state index contributed by atoms with van der Waals surface area (Å²) in [5.74, 6) is -0.568. The largest absolute Gasteiger partial charge is 0.390 e. The number of amides is 2. The van der Waals surface area contributed by atoms with Gasteiger partial charge in [-0.1, -0.05) is 66.7 Å². The lowest BCUT2D eigenvalue weighted by Crippen LogP contribution is -2.63. The third kappa shape index (κ3) is 2.64. The van der Waals surface area contributed by atoms with Crippen molar-refractivity contribution >= 4 is 11.8 Å². The van der Waals surface area contributed by atoms with E-state index in [-0.39, 0.29) is 11.8 Å². The summed E-state index contributed by atoms with van der Waals surface area (Å²) < 4.78 is 0. The minimum absolute atomic E-state index is 0.284. The van der Waals surface area contributed by atoms with Crippen LogP contribution in [0.3, 0.4) is 0 Å². The van der Waals surface area contributed by atoms with Gasteiger partial charge < -0.3 is 5.11 Å².